The average molecular weight is 232 g/mol. The molecular formula is C7H6Cl4. The van der Waals surface area contributed by atoms with Crippen molar-refractivity contribution in [2.45, 2.75) is 18.7 Å². The van der Waals surface area contributed by atoms with Gasteiger partial charge in [0.05, 0.1) is 10.1 Å². The van der Waals surface area contributed by atoms with Crippen molar-refractivity contribution < 1.29 is 0 Å². The number of hydrogen-bond acceptors (Lipinski definition) is 0. The van der Waals surface area contributed by atoms with Crippen molar-refractivity contribution in [3.63, 3.8) is 0 Å². The molecule has 0 N–H and O–H groups in total. The summed E-state index contributed by atoms with van der Waals surface area (Å²) in [5.41, 5.74) is 0.760. The first-order chi connectivity index (χ1) is 4.89. The van der Waals surface area contributed by atoms with Gasteiger partial charge in [-0.1, -0.05) is 34.8 Å². The molecule has 0 saturated carbocycles. The maximum absolute atomic E-state index is 5.99. The number of allylic oxidation sites excluding steroid dienone is 4. The van der Waals surface area contributed by atoms with Gasteiger partial charge in [0.15, 0.2) is 0 Å². The monoisotopic (exact) mass is 230 g/mol. The van der Waals surface area contributed by atoms with E-state index in [1.165, 1.54) is 0 Å². The normalized spacial score (nSPS) is 32.2. The van der Waals surface area contributed by atoms with E-state index >= 15 is 0 Å². The van der Waals surface area contributed by atoms with Crippen molar-refractivity contribution in [3.05, 3.63) is 20.7 Å². The second-order valence-electron chi connectivity index (χ2n) is 2.57. The summed E-state index contributed by atoms with van der Waals surface area (Å²) in [5, 5.41) is 1.38. The highest BCUT2D eigenvalue weighted by atomic mass is 35.5. The van der Waals surface area contributed by atoms with Crippen LogP contribution in [0, 0.1) is 0 Å². The first-order valence-electron chi connectivity index (χ1n) is 3.01. The minimum Gasteiger partial charge on any atom is -0.107 e. The van der Waals surface area contributed by atoms with Gasteiger partial charge in [-0.3, -0.25) is 0 Å². The van der Waals surface area contributed by atoms with Gasteiger partial charge >= 0.3 is 0 Å². The van der Waals surface area contributed by atoms with E-state index in [9.17, 15) is 0 Å². The largest absolute Gasteiger partial charge is 0.114 e. The molecule has 0 heterocycles. The highest BCUT2D eigenvalue weighted by molar-refractivity contribution is 6.52. The highest BCUT2D eigenvalue weighted by Gasteiger charge is 2.38. The van der Waals surface area contributed by atoms with E-state index in [0.29, 0.717) is 15.1 Å². The Kier molecular flexibility index (Phi) is 2.52. The lowest BCUT2D eigenvalue weighted by molar-refractivity contribution is 0.963. The summed E-state index contributed by atoms with van der Waals surface area (Å²) in [6.45, 7) is 3.51. The SMILES string of the molecule is CC1=C(Cl)C(C)(Cl)C(Cl)=C1Cl. The zero-order chi connectivity index (χ0) is 8.81. The topological polar surface area (TPSA) is 0 Å². The first-order valence-corrected chi connectivity index (χ1v) is 4.52. The van der Waals surface area contributed by atoms with Crippen LogP contribution in [0.15, 0.2) is 20.7 Å². The van der Waals surface area contributed by atoms with Crippen LogP contribution in [0.25, 0.3) is 0 Å². The quantitative estimate of drug-likeness (QED) is 0.549. The fourth-order valence-corrected chi connectivity index (χ4v) is 2.01. The van der Waals surface area contributed by atoms with Gasteiger partial charge in [0.2, 0.25) is 0 Å². The molecule has 0 radical (unpaired) electrons. The van der Waals surface area contributed by atoms with Crippen LogP contribution in [0.3, 0.4) is 0 Å². The van der Waals surface area contributed by atoms with Crippen LogP contribution in [0.2, 0.25) is 0 Å². The Morgan fingerprint density at radius 2 is 1.55 bits per heavy atom. The lowest BCUT2D eigenvalue weighted by Gasteiger charge is -2.15. The van der Waals surface area contributed by atoms with Gasteiger partial charge < -0.3 is 0 Å². The first kappa shape index (κ1) is 9.73. The predicted molar refractivity (Wildman–Crippen MR) is 51.5 cm³/mol. The number of hydrogen-bond donors (Lipinski definition) is 0. The molecular weight excluding hydrogens is 226 g/mol. The zero-order valence-corrected chi connectivity index (χ0v) is 9.04. The Hall–Kier alpha value is 0.640. The van der Waals surface area contributed by atoms with Crippen LogP contribution >= 0.6 is 46.4 Å². The van der Waals surface area contributed by atoms with Gasteiger partial charge in [0.25, 0.3) is 0 Å². The number of rotatable bonds is 0. The van der Waals surface area contributed by atoms with Gasteiger partial charge in [-0.15, -0.1) is 11.6 Å². The van der Waals surface area contributed by atoms with Gasteiger partial charge in [-0.25, -0.2) is 0 Å². The van der Waals surface area contributed by atoms with E-state index in [4.69, 9.17) is 46.4 Å². The third kappa shape index (κ3) is 1.31. The van der Waals surface area contributed by atoms with Crippen molar-refractivity contribution in [3.8, 4) is 0 Å². The van der Waals surface area contributed by atoms with Crippen molar-refractivity contribution in [1.29, 1.82) is 0 Å². The third-order valence-electron chi connectivity index (χ3n) is 1.68. The summed E-state index contributed by atoms with van der Waals surface area (Å²) in [4.78, 5) is -0.815. The van der Waals surface area contributed by atoms with Crippen LogP contribution in [0.1, 0.15) is 13.8 Å². The molecule has 0 aromatic carbocycles. The Morgan fingerprint density at radius 3 is 1.64 bits per heavy atom. The van der Waals surface area contributed by atoms with Crippen molar-refractivity contribution in [2.75, 3.05) is 0 Å². The van der Waals surface area contributed by atoms with Crippen molar-refractivity contribution in [2.24, 2.45) is 0 Å². The third-order valence-corrected chi connectivity index (χ3v) is 4.04. The Bertz CT molecular complexity index is 234. The van der Waals surface area contributed by atoms with Gasteiger partial charge in [-0.05, 0) is 19.4 Å². The van der Waals surface area contributed by atoms with Crippen LogP contribution in [-0.2, 0) is 0 Å². The molecule has 0 aromatic heterocycles. The van der Waals surface area contributed by atoms with E-state index in [1.54, 1.807) is 13.8 Å². The molecule has 62 valence electrons. The summed E-state index contributed by atoms with van der Waals surface area (Å²) < 4.78 is 0. The maximum atomic E-state index is 5.99. The number of alkyl halides is 1. The van der Waals surface area contributed by atoms with Crippen molar-refractivity contribution >= 4 is 46.4 Å². The molecule has 0 fully saturated rings. The minimum atomic E-state index is -0.815. The van der Waals surface area contributed by atoms with Crippen LogP contribution in [0.4, 0.5) is 0 Å². The fraction of sp³-hybridized carbons (Fsp3) is 0.429. The van der Waals surface area contributed by atoms with Gasteiger partial charge in [-0.2, -0.15) is 0 Å². The zero-order valence-electron chi connectivity index (χ0n) is 6.01. The fourth-order valence-electron chi connectivity index (χ4n) is 0.916. The molecule has 0 aromatic rings. The Balaban J connectivity index is 3.27. The Morgan fingerprint density at radius 1 is 1.09 bits per heavy atom. The van der Waals surface area contributed by atoms with E-state index < -0.39 is 4.87 Å². The van der Waals surface area contributed by atoms with E-state index in [-0.39, 0.29) is 0 Å². The van der Waals surface area contributed by atoms with Crippen LogP contribution in [-0.4, -0.2) is 4.87 Å². The highest BCUT2D eigenvalue weighted by Crippen LogP contribution is 2.49. The summed E-state index contributed by atoms with van der Waals surface area (Å²) in [7, 11) is 0. The number of halogens is 4. The molecule has 0 aliphatic heterocycles. The minimum absolute atomic E-state index is 0.406. The molecule has 0 bridgehead atoms. The molecule has 1 unspecified atom stereocenters. The molecule has 0 nitrogen and oxygen atoms in total. The molecule has 1 atom stereocenters. The molecule has 1 aliphatic carbocycles. The second-order valence-corrected chi connectivity index (χ2v) is 4.46. The predicted octanol–water partition coefficient (Wildman–Crippen LogP) is 4.20. The molecule has 0 amide bonds. The van der Waals surface area contributed by atoms with Gasteiger partial charge in [0.1, 0.15) is 4.87 Å². The van der Waals surface area contributed by atoms with Crippen molar-refractivity contribution in [1.82, 2.24) is 0 Å². The van der Waals surface area contributed by atoms with E-state index in [0.717, 1.165) is 5.57 Å². The second kappa shape index (κ2) is 2.85. The summed E-state index contributed by atoms with van der Waals surface area (Å²) in [6, 6.07) is 0. The molecule has 1 rings (SSSR count). The molecule has 1 aliphatic rings. The van der Waals surface area contributed by atoms with Crippen LogP contribution in [0.5, 0.6) is 0 Å². The lowest BCUT2D eigenvalue weighted by Crippen LogP contribution is -2.13. The summed E-state index contributed by atoms with van der Waals surface area (Å²) in [5.74, 6) is 0. The maximum Gasteiger partial charge on any atom is 0.114 e. The molecule has 0 saturated heterocycles. The summed E-state index contributed by atoms with van der Waals surface area (Å²) >= 11 is 23.5. The standard InChI is InChI=1S/C7H6Cl4/c1-3-4(8)6(10)7(2,11)5(3)9/h1-2H3. The van der Waals surface area contributed by atoms with Crippen LogP contribution < -0.4 is 0 Å². The molecule has 4 heteroatoms. The van der Waals surface area contributed by atoms with E-state index in [1.807, 2.05) is 0 Å². The smallest absolute Gasteiger partial charge is 0.107 e. The lowest BCUT2D eigenvalue weighted by atomic mass is 10.2. The molecule has 11 heavy (non-hydrogen) atoms. The van der Waals surface area contributed by atoms with E-state index in [2.05, 4.69) is 0 Å². The molecule has 0 spiro atoms. The summed E-state index contributed by atoms with van der Waals surface area (Å²) in [6.07, 6.45) is 0. The van der Waals surface area contributed by atoms with Gasteiger partial charge in [0, 0.05) is 5.03 Å². The average Bonchev–Trinajstić information content (AvgIpc) is 2.06. The Labute approximate surface area is 85.8 Å².